The van der Waals surface area contributed by atoms with Gasteiger partial charge < -0.3 is 11.1 Å². The number of nitrogens with one attached hydrogen (secondary N) is 1. The van der Waals surface area contributed by atoms with Crippen LogP contribution in [0.5, 0.6) is 0 Å². The van der Waals surface area contributed by atoms with E-state index in [2.05, 4.69) is 45.5 Å². The summed E-state index contributed by atoms with van der Waals surface area (Å²) >= 11 is 3.63. The van der Waals surface area contributed by atoms with Gasteiger partial charge in [0.1, 0.15) is 0 Å². The summed E-state index contributed by atoms with van der Waals surface area (Å²) < 4.78 is 1.16. The third-order valence-electron chi connectivity index (χ3n) is 4.57. The van der Waals surface area contributed by atoms with Crippen molar-refractivity contribution in [2.45, 2.75) is 31.7 Å². The smallest absolute Gasteiger partial charge is 0.0455 e. The van der Waals surface area contributed by atoms with Gasteiger partial charge in [-0.1, -0.05) is 34.1 Å². The van der Waals surface area contributed by atoms with Crippen LogP contribution in [0.4, 0.5) is 0 Å². The highest BCUT2D eigenvalue weighted by Gasteiger charge is 2.41. The van der Waals surface area contributed by atoms with Crippen LogP contribution < -0.4 is 11.1 Å². The summed E-state index contributed by atoms with van der Waals surface area (Å²) in [6.45, 7) is 1.79. The molecule has 2 aliphatic rings. The second-order valence-electron chi connectivity index (χ2n) is 6.06. The van der Waals surface area contributed by atoms with E-state index in [-0.39, 0.29) is 6.04 Å². The molecule has 2 saturated carbocycles. The van der Waals surface area contributed by atoms with Crippen LogP contribution in [-0.4, -0.2) is 13.1 Å². The quantitative estimate of drug-likeness (QED) is 0.806. The molecule has 0 saturated heterocycles. The van der Waals surface area contributed by atoms with Gasteiger partial charge >= 0.3 is 0 Å². The molecule has 0 aliphatic heterocycles. The zero-order chi connectivity index (χ0) is 13.2. The van der Waals surface area contributed by atoms with E-state index in [0.717, 1.165) is 28.8 Å². The molecule has 19 heavy (non-hydrogen) atoms. The number of hydrogen-bond acceptors (Lipinski definition) is 2. The van der Waals surface area contributed by atoms with Crippen LogP contribution in [0, 0.1) is 17.8 Å². The van der Waals surface area contributed by atoms with Crippen molar-refractivity contribution in [3.05, 3.63) is 34.3 Å². The predicted molar refractivity (Wildman–Crippen MR) is 82.9 cm³/mol. The highest BCUT2D eigenvalue weighted by molar-refractivity contribution is 9.10. The standard InChI is InChI=1S/C16H23BrN2/c17-15-4-2-1-3-13(15)16(9-18)19-10-14(11-5-6-11)12-7-8-12/h1-4,11-12,14,16,19H,5-10,18H2. The molecular formula is C16H23BrN2. The van der Waals surface area contributed by atoms with Crippen LogP contribution >= 0.6 is 15.9 Å². The SMILES string of the molecule is NCC(NCC(C1CC1)C1CC1)c1ccccc1Br. The molecule has 1 atom stereocenters. The summed E-state index contributed by atoms with van der Waals surface area (Å²) in [5.41, 5.74) is 7.25. The molecule has 1 aromatic carbocycles. The number of halogens is 1. The first-order valence-electron chi connectivity index (χ1n) is 7.47. The van der Waals surface area contributed by atoms with Crippen molar-refractivity contribution in [1.29, 1.82) is 0 Å². The van der Waals surface area contributed by atoms with E-state index in [1.807, 2.05) is 0 Å². The number of nitrogens with two attached hydrogens (primary N) is 1. The van der Waals surface area contributed by atoms with Gasteiger partial charge in [0, 0.05) is 17.1 Å². The Morgan fingerprint density at radius 1 is 1.16 bits per heavy atom. The maximum absolute atomic E-state index is 5.96. The Bertz CT molecular complexity index is 415. The molecule has 0 spiro atoms. The molecule has 0 amide bonds. The molecule has 0 bridgehead atoms. The maximum atomic E-state index is 5.96. The Morgan fingerprint density at radius 3 is 2.32 bits per heavy atom. The molecule has 2 fully saturated rings. The molecular weight excluding hydrogens is 300 g/mol. The van der Waals surface area contributed by atoms with E-state index in [1.54, 1.807) is 0 Å². The van der Waals surface area contributed by atoms with Crippen molar-refractivity contribution in [3.63, 3.8) is 0 Å². The van der Waals surface area contributed by atoms with Crippen molar-refractivity contribution in [2.75, 3.05) is 13.1 Å². The minimum atomic E-state index is 0.274. The second kappa shape index (κ2) is 5.94. The Labute approximate surface area is 124 Å². The summed E-state index contributed by atoms with van der Waals surface area (Å²) in [7, 11) is 0. The lowest BCUT2D eigenvalue weighted by Crippen LogP contribution is -2.33. The zero-order valence-electron chi connectivity index (χ0n) is 11.3. The molecule has 1 aromatic rings. The summed E-state index contributed by atoms with van der Waals surface area (Å²) in [4.78, 5) is 0. The Hall–Kier alpha value is -0.380. The first kappa shape index (κ1) is 13.6. The summed E-state index contributed by atoms with van der Waals surface area (Å²) in [5.74, 6) is 2.90. The van der Waals surface area contributed by atoms with Crippen molar-refractivity contribution < 1.29 is 0 Å². The minimum Gasteiger partial charge on any atom is -0.329 e. The van der Waals surface area contributed by atoms with Gasteiger partial charge in [0.05, 0.1) is 0 Å². The summed E-state index contributed by atoms with van der Waals surface area (Å²) in [6.07, 6.45) is 5.80. The van der Waals surface area contributed by atoms with Crippen LogP contribution in [0.1, 0.15) is 37.3 Å². The zero-order valence-corrected chi connectivity index (χ0v) is 12.9. The maximum Gasteiger partial charge on any atom is 0.0455 e. The van der Waals surface area contributed by atoms with E-state index in [0.29, 0.717) is 6.54 Å². The van der Waals surface area contributed by atoms with Crippen LogP contribution in [0.2, 0.25) is 0 Å². The molecule has 2 aliphatic carbocycles. The van der Waals surface area contributed by atoms with Crippen molar-refractivity contribution in [2.24, 2.45) is 23.5 Å². The highest BCUT2D eigenvalue weighted by Crippen LogP contribution is 2.49. The summed E-state index contributed by atoms with van der Waals surface area (Å²) in [6, 6.07) is 8.68. The third kappa shape index (κ3) is 3.39. The average Bonchev–Trinajstić information content (AvgIpc) is 3.28. The van der Waals surface area contributed by atoms with Crippen LogP contribution in [-0.2, 0) is 0 Å². The first-order chi connectivity index (χ1) is 9.29. The number of hydrogen-bond donors (Lipinski definition) is 2. The topological polar surface area (TPSA) is 38.0 Å². The van der Waals surface area contributed by atoms with Gasteiger partial charge in [-0.2, -0.15) is 0 Å². The fourth-order valence-electron chi connectivity index (χ4n) is 3.12. The van der Waals surface area contributed by atoms with E-state index >= 15 is 0 Å². The fourth-order valence-corrected chi connectivity index (χ4v) is 3.68. The summed E-state index contributed by atoms with van der Waals surface area (Å²) in [5, 5.41) is 3.71. The Kier molecular flexibility index (Phi) is 4.25. The Morgan fingerprint density at radius 2 is 1.79 bits per heavy atom. The molecule has 3 rings (SSSR count). The van der Waals surface area contributed by atoms with E-state index in [4.69, 9.17) is 5.73 Å². The first-order valence-corrected chi connectivity index (χ1v) is 8.26. The van der Waals surface area contributed by atoms with Gasteiger partial charge in [0.15, 0.2) is 0 Å². The second-order valence-corrected chi connectivity index (χ2v) is 6.91. The largest absolute Gasteiger partial charge is 0.329 e. The lowest BCUT2D eigenvalue weighted by atomic mass is 9.97. The van der Waals surface area contributed by atoms with Crippen LogP contribution in [0.15, 0.2) is 28.7 Å². The number of benzene rings is 1. The average molecular weight is 323 g/mol. The van der Waals surface area contributed by atoms with Gasteiger partial charge in [-0.3, -0.25) is 0 Å². The third-order valence-corrected chi connectivity index (χ3v) is 5.29. The molecule has 2 nitrogen and oxygen atoms in total. The van der Waals surface area contributed by atoms with Crippen LogP contribution in [0.25, 0.3) is 0 Å². The molecule has 0 radical (unpaired) electrons. The predicted octanol–water partition coefficient (Wildman–Crippen LogP) is 3.47. The lowest BCUT2D eigenvalue weighted by Gasteiger charge is -2.23. The molecule has 3 heteroatoms. The molecule has 104 valence electrons. The van der Waals surface area contributed by atoms with Gasteiger partial charge in [0.25, 0.3) is 0 Å². The van der Waals surface area contributed by atoms with Crippen molar-refractivity contribution in [1.82, 2.24) is 5.32 Å². The molecule has 3 N–H and O–H groups in total. The van der Waals surface area contributed by atoms with E-state index in [1.165, 1.54) is 31.2 Å². The van der Waals surface area contributed by atoms with E-state index in [9.17, 15) is 0 Å². The minimum absolute atomic E-state index is 0.274. The van der Waals surface area contributed by atoms with Gasteiger partial charge in [0.2, 0.25) is 0 Å². The Balaban J connectivity index is 1.61. The molecule has 1 unspecified atom stereocenters. The molecule has 0 aromatic heterocycles. The van der Waals surface area contributed by atoms with E-state index < -0.39 is 0 Å². The number of rotatable bonds is 7. The van der Waals surface area contributed by atoms with Crippen molar-refractivity contribution in [3.8, 4) is 0 Å². The monoisotopic (exact) mass is 322 g/mol. The lowest BCUT2D eigenvalue weighted by molar-refractivity contribution is 0.357. The van der Waals surface area contributed by atoms with Gasteiger partial charge in [-0.05, 0) is 61.6 Å². The fraction of sp³-hybridized carbons (Fsp3) is 0.625. The van der Waals surface area contributed by atoms with Crippen molar-refractivity contribution >= 4 is 15.9 Å². The van der Waals surface area contributed by atoms with Crippen LogP contribution in [0.3, 0.4) is 0 Å². The van der Waals surface area contributed by atoms with Gasteiger partial charge in [-0.15, -0.1) is 0 Å². The normalized spacial score (nSPS) is 20.8. The van der Waals surface area contributed by atoms with Gasteiger partial charge in [-0.25, -0.2) is 0 Å². The molecule has 0 heterocycles. The highest BCUT2D eigenvalue weighted by atomic mass is 79.9.